The third-order valence-electron chi connectivity index (χ3n) is 2.35. The first kappa shape index (κ1) is 14.2. The van der Waals surface area contributed by atoms with Crippen molar-refractivity contribution in [2.75, 3.05) is 19.6 Å². The summed E-state index contributed by atoms with van der Waals surface area (Å²) in [6, 6.07) is 6.84. The van der Waals surface area contributed by atoms with Gasteiger partial charge in [-0.15, -0.1) is 0 Å². The van der Waals surface area contributed by atoms with E-state index < -0.39 is 10.0 Å². The molecule has 2 N–H and O–H groups in total. The topological polar surface area (TPSA) is 58.2 Å². The van der Waals surface area contributed by atoms with Crippen LogP contribution >= 0.6 is 0 Å². The van der Waals surface area contributed by atoms with E-state index in [4.69, 9.17) is 0 Å². The Morgan fingerprint density at radius 2 is 1.71 bits per heavy atom. The van der Waals surface area contributed by atoms with E-state index in [0.717, 1.165) is 18.5 Å². The number of benzene rings is 1. The van der Waals surface area contributed by atoms with Crippen LogP contribution in [-0.2, 0) is 10.0 Å². The lowest BCUT2D eigenvalue weighted by Crippen LogP contribution is -2.32. The van der Waals surface area contributed by atoms with Crippen molar-refractivity contribution in [1.29, 1.82) is 0 Å². The summed E-state index contributed by atoms with van der Waals surface area (Å²) >= 11 is 0. The molecule has 4 nitrogen and oxygen atoms in total. The first-order chi connectivity index (χ1) is 8.06. The molecule has 1 rings (SSSR count). The predicted molar refractivity (Wildman–Crippen MR) is 69.5 cm³/mol. The highest BCUT2D eigenvalue weighted by molar-refractivity contribution is 7.89. The highest BCUT2D eigenvalue weighted by Crippen LogP contribution is 2.09. The van der Waals surface area contributed by atoms with Crippen molar-refractivity contribution in [3.8, 4) is 0 Å². The Kier molecular flexibility index (Phi) is 5.61. The molecule has 1 aromatic rings. The van der Waals surface area contributed by atoms with E-state index in [1.807, 2.05) is 6.92 Å². The van der Waals surface area contributed by atoms with Gasteiger partial charge in [0.2, 0.25) is 10.0 Å². The first-order valence-electron chi connectivity index (χ1n) is 5.83. The molecular weight excluding hydrogens is 236 g/mol. The lowest BCUT2D eigenvalue weighted by Gasteiger charge is -2.07. The maximum atomic E-state index is 11.8. The Bertz CT molecular complexity index is 426. The molecule has 5 heteroatoms. The van der Waals surface area contributed by atoms with Gasteiger partial charge in [-0.25, -0.2) is 13.1 Å². The minimum atomic E-state index is -3.35. The van der Waals surface area contributed by atoms with Crippen LogP contribution in [0.15, 0.2) is 29.2 Å². The molecule has 0 saturated carbocycles. The van der Waals surface area contributed by atoms with E-state index in [9.17, 15) is 8.42 Å². The Morgan fingerprint density at radius 1 is 1.06 bits per heavy atom. The fourth-order valence-electron chi connectivity index (χ4n) is 1.38. The molecule has 17 heavy (non-hydrogen) atoms. The monoisotopic (exact) mass is 256 g/mol. The van der Waals surface area contributed by atoms with Crippen molar-refractivity contribution >= 4 is 10.0 Å². The Hall–Kier alpha value is -0.910. The van der Waals surface area contributed by atoms with Gasteiger partial charge in [0, 0.05) is 13.1 Å². The van der Waals surface area contributed by atoms with E-state index in [0.29, 0.717) is 18.0 Å². The molecule has 0 aliphatic rings. The molecular formula is C12H20N2O2S. The highest BCUT2D eigenvalue weighted by Gasteiger charge is 2.11. The summed E-state index contributed by atoms with van der Waals surface area (Å²) in [5.41, 5.74) is 1.05. The average Bonchev–Trinajstić information content (AvgIpc) is 2.29. The van der Waals surface area contributed by atoms with Gasteiger partial charge in [-0.3, -0.25) is 0 Å². The Morgan fingerprint density at radius 3 is 2.29 bits per heavy atom. The van der Waals surface area contributed by atoms with Crippen molar-refractivity contribution in [1.82, 2.24) is 10.0 Å². The van der Waals surface area contributed by atoms with Gasteiger partial charge in [-0.2, -0.15) is 0 Å². The van der Waals surface area contributed by atoms with Crippen LogP contribution in [0.2, 0.25) is 0 Å². The molecule has 0 heterocycles. The maximum absolute atomic E-state index is 11.8. The zero-order valence-electron chi connectivity index (χ0n) is 10.4. The van der Waals surface area contributed by atoms with Crippen LogP contribution in [0.4, 0.5) is 0 Å². The summed E-state index contributed by atoms with van der Waals surface area (Å²) < 4.78 is 26.2. The fraction of sp³-hybridized carbons (Fsp3) is 0.500. The molecule has 0 unspecified atom stereocenters. The molecule has 0 bridgehead atoms. The third-order valence-corrected chi connectivity index (χ3v) is 3.83. The van der Waals surface area contributed by atoms with Crippen LogP contribution in [0.1, 0.15) is 18.9 Å². The van der Waals surface area contributed by atoms with E-state index in [2.05, 4.69) is 17.0 Å². The minimum Gasteiger partial charge on any atom is -0.315 e. The van der Waals surface area contributed by atoms with Crippen LogP contribution in [0.5, 0.6) is 0 Å². The predicted octanol–water partition coefficient (Wildman–Crippen LogP) is 1.27. The summed E-state index contributed by atoms with van der Waals surface area (Å²) in [5, 5.41) is 3.14. The second-order valence-corrected chi connectivity index (χ2v) is 5.73. The molecule has 0 spiro atoms. The standard InChI is InChI=1S/C12H20N2O2S/c1-3-8-13-9-10-14-17(15,16)12-6-4-11(2)5-7-12/h4-7,13-14H,3,8-10H2,1-2H3. The van der Waals surface area contributed by atoms with Gasteiger partial charge in [0.25, 0.3) is 0 Å². The smallest absolute Gasteiger partial charge is 0.240 e. The van der Waals surface area contributed by atoms with Gasteiger partial charge >= 0.3 is 0 Å². The third kappa shape index (κ3) is 4.85. The van der Waals surface area contributed by atoms with Crippen molar-refractivity contribution in [3.63, 3.8) is 0 Å². The number of nitrogens with one attached hydrogen (secondary N) is 2. The van der Waals surface area contributed by atoms with Gasteiger partial charge in [-0.1, -0.05) is 24.6 Å². The van der Waals surface area contributed by atoms with Crippen molar-refractivity contribution in [2.24, 2.45) is 0 Å². The minimum absolute atomic E-state index is 0.318. The van der Waals surface area contributed by atoms with E-state index in [1.54, 1.807) is 24.3 Å². The summed E-state index contributed by atoms with van der Waals surface area (Å²) in [6.45, 7) is 5.98. The molecule has 0 saturated heterocycles. The van der Waals surface area contributed by atoms with Crippen LogP contribution in [0.25, 0.3) is 0 Å². The molecule has 0 aliphatic carbocycles. The number of aryl methyl sites for hydroxylation is 1. The number of hydrogen-bond donors (Lipinski definition) is 2. The molecule has 0 atom stereocenters. The Balaban J connectivity index is 2.48. The molecule has 0 fully saturated rings. The molecule has 0 amide bonds. The van der Waals surface area contributed by atoms with Crippen molar-refractivity contribution < 1.29 is 8.42 Å². The van der Waals surface area contributed by atoms with Crippen molar-refractivity contribution in [2.45, 2.75) is 25.2 Å². The zero-order valence-corrected chi connectivity index (χ0v) is 11.2. The summed E-state index contributed by atoms with van der Waals surface area (Å²) in [5.74, 6) is 0. The van der Waals surface area contributed by atoms with Gasteiger partial charge in [0.05, 0.1) is 4.90 Å². The van der Waals surface area contributed by atoms with Crippen LogP contribution in [-0.4, -0.2) is 28.1 Å². The summed E-state index contributed by atoms with van der Waals surface area (Å²) in [4.78, 5) is 0.318. The van der Waals surface area contributed by atoms with E-state index >= 15 is 0 Å². The Labute approximate surface area is 103 Å². The van der Waals surface area contributed by atoms with Gasteiger partial charge in [0.15, 0.2) is 0 Å². The van der Waals surface area contributed by atoms with Crippen LogP contribution < -0.4 is 10.0 Å². The van der Waals surface area contributed by atoms with Crippen LogP contribution in [0, 0.1) is 6.92 Å². The molecule has 0 aliphatic heterocycles. The molecule has 0 radical (unpaired) electrons. The van der Waals surface area contributed by atoms with Crippen LogP contribution in [0.3, 0.4) is 0 Å². The molecule has 1 aromatic carbocycles. The SMILES string of the molecule is CCCNCCNS(=O)(=O)c1ccc(C)cc1. The van der Waals surface area contributed by atoms with E-state index in [1.165, 1.54) is 0 Å². The average molecular weight is 256 g/mol. The normalized spacial score (nSPS) is 11.6. The lowest BCUT2D eigenvalue weighted by molar-refractivity contribution is 0.575. The lowest BCUT2D eigenvalue weighted by atomic mass is 10.2. The second kappa shape index (κ2) is 6.74. The number of sulfonamides is 1. The van der Waals surface area contributed by atoms with Gasteiger partial charge < -0.3 is 5.32 Å². The maximum Gasteiger partial charge on any atom is 0.240 e. The van der Waals surface area contributed by atoms with Crippen molar-refractivity contribution in [3.05, 3.63) is 29.8 Å². The molecule has 0 aromatic heterocycles. The number of hydrogen-bond acceptors (Lipinski definition) is 3. The second-order valence-electron chi connectivity index (χ2n) is 3.96. The molecule has 96 valence electrons. The summed E-state index contributed by atoms with van der Waals surface area (Å²) in [7, 11) is -3.35. The highest BCUT2D eigenvalue weighted by atomic mass is 32.2. The fourth-order valence-corrected chi connectivity index (χ4v) is 2.41. The summed E-state index contributed by atoms with van der Waals surface area (Å²) in [6.07, 6.45) is 1.05. The largest absolute Gasteiger partial charge is 0.315 e. The van der Waals surface area contributed by atoms with Gasteiger partial charge in [-0.05, 0) is 32.0 Å². The van der Waals surface area contributed by atoms with Gasteiger partial charge in [0.1, 0.15) is 0 Å². The quantitative estimate of drug-likeness (QED) is 0.722. The van der Waals surface area contributed by atoms with E-state index in [-0.39, 0.29) is 0 Å². The first-order valence-corrected chi connectivity index (χ1v) is 7.31. The zero-order chi connectivity index (χ0) is 12.7. The number of rotatable bonds is 7.